The molecule has 34 heavy (non-hydrogen) atoms. The van der Waals surface area contributed by atoms with Crippen molar-refractivity contribution in [2.75, 3.05) is 30.3 Å². The molecule has 0 aliphatic heterocycles. The van der Waals surface area contributed by atoms with Gasteiger partial charge in [-0.3, -0.25) is 9.10 Å². The molecule has 0 saturated heterocycles. The second kappa shape index (κ2) is 12.4. The fraction of sp³-hybridized carbons (Fsp3) is 0.208. The van der Waals surface area contributed by atoms with Crippen LogP contribution in [0.5, 0.6) is 5.75 Å². The van der Waals surface area contributed by atoms with E-state index in [1.807, 2.05) is 6.07 Å². The fourth-order valence-electron chi connectivity index (χ4n) is 3.07. The van der Waals surface area contributed by atoms with E-state index < -0.39 is 15.9 Å². The van der Waals surface area contributed by atoms with Gasteiger partial charge in [-0.05, 0) is 42.0 Å². The summed E-state index contributed by atoms with van der Waals surface area (Å²) in [5.41, 5.74) is 1.30. The monoisotopic (exact) mass is 538 g/mol. The summed E-state index contributed by atoms with van der Waals surface area (Å²) < 4.78 is 33.0. The minimum atomic E-state index is -3.97. The lowest BCUT2D eigenvalue weighted by Crippen LogP contribution is -2.41. The Labute approximate surface area is 214 Å². The van der Waals surface area contributed by atoms with Gasteiger partial charge in [0, 0.05) is 34.2 Å². The van der Waals surface area contributed by atoms with E-state index in [0.717, 1.165) is 9.87 Å². The van der Waals surface area contributed by atoms with Gasteiger partial charge in [0.15, 0.2) is 0 Å². The SMILES string of the molecule is COc1cccc(N(CC(=O)NCCSCc2ccc(Cl)cc2Cl)S(=O)(=O)c2ccccc2)c1. The molecule has 6 nitrogen and oxygen atoms in total. The number of rotatable bonds is 11. The number of nitrogens with one attached hydrogen (secondary N) is 1. The van der Waals surface area contributed by atoms with E-state index in [4.69, 9.17) is 27.9 Å². The van der Waals surface area contributed by atoms with Crippen LogP contribution >= 0.6 is 35.0 Å². The number of methoxy groups -OCH3 is 1. The lowest BCUT2D eigenvalue weighted by atomic mass is 10.2. The number of ether oxygens (including phenoxy) is 1. The first-order valence-corrected chi connectivity index (χ1v) is 13.7. The van der Waals surface area contributed by atoms with Crippen molar-refractivity contribution < 1.29 is 17.9 Å². The first-order valence-electron chi connectivity index (χ1n) is 10.3. The molecule has 0 radical (unpaired) electrons. The van der Waals surface area contributed by atoms with Gasteiger partial charge in [-0.2, -0.15) is 11.8 Å². The first kappa shape index (κ1) is 26.2. The number of nitrogens with zero attached hydrogens (tertiary/aromatic N) is 1. The van der Waals surface area contributed by atoms with Crippen LogP contribution in [0.1, 0.15) is 5.56 Å². The molecule has 0 unspecified atom stereocenters. The third-order valence-corrected chi connectivity index (χ3v) is 8.18. The van der Waals surface area contributed by atoms with E-state index in [9.17, 15) is 13.2 Å². The molecule has 3 aromatic rings. The zero-order valence-corrected chi connectivity index (χ0v) is 21.6. The third kappa shape index (κ3) is 7.06. The highest BCUT2D eigenvalue weighted by atomic mass is 35.5. The maximum absolute atomic E-state index is 13.3. The van der Waals surface area contributed by atoms with Gasteiger partial charge in [0.05, 0.1) is 17.7 Å². The number of amides is 1. The van der Waals surface area contributed by atoms with E-state index in [1.54, 1.807) is 66.4 Å². The van der Waals surface area contributed by atoms with Gasteiger partial charge in [0.1, 0.15) is 12.3 Å². The quantitative estimate of drug-likeness (QED) is 0.337. The number of benzene rings is 3. The van der Waals surface area contributed by atoms with Gasteiger partial charge in [-0.15, -0.1) is 0 Å². The smallest absolute Gasteiger partial charge is 0.264 e. The molecule has 0 aromatic heterocycles. The number of sulfonamides is 1. The summed E-state index contributed by atoms with van der Waals surface area (Å²) in [5, 5.41) is 3.98. The molecule has 0 atom stereocenters. The molecule has 0 spiro atoms. The Bertz CT molecular complexity index is 1220. The Morgan fingerprint density at radius 1 is 1.03 bits per heavy atom. The predicted molar refractivity (Wildman–Crippen MR) is 140 cm³/mol. The number of thioether (sulfide) groups is 1. The summed E-state index contributed by atoms with van der Waals surface area (Å²) in [7, 11) is -2.47. The van der Waals surface area contributed by atoms with Crippen LogP contribution in [0.25, 0.3) is 0 Å². The number of hydrogen-bond donors (Lipinski definition) is 1. The molecule has 3 aromatic carbocycles. The Morgan fingerprint density at radius 2 is 1.79 bits per heavy atom. The Kier molecular flexibility index (Phi) is 9.53. The molecule has 1 N–H and O–H groups in total. The molecule has 0 saturated carbocycles. The van der Waals surface area contributed by atoms with Crippen LogP contribution < -0.4 is 14.4 Å². The van der Waals surface area contributed by atoms with Crippen LogP contribution in [0.2, 0.25) is 10.0 Å². The van der Waals surface area contributed by atoms with Crippen LogP contribution in [0, 0.1) is 0 Å². The summed E-state index contributed by atoms with van der Waals surface area (Å²) in [6, 6.07) is 20.0. The van der Waals surface area contributed by atoms with E-state index in [-0.39, 0.29) is 11.4 Å². The minimum Gasteiger partial charge on any atom is -0.497 e. The molecule has 10 heteroatoms. The van der Waals surface area contributed by atoms with E-state index in [0.29, 0.717) is 39.5 Å². The maximum atomic E-state index is 13.3. The van der Waals surface area contributed by atoms with Crippen molar-refractivity contribution in [3.05, 3.63) is 88.4 Å². The largest absolute Gasteiger partial charge is 0.497 e. The lowest BCUT2D eigenvalue weighted by Gasteiger charge is -2.24. The average molecular weight is 540 g/mol. The molecule has 0 aliphatic rings. The van der Waals surface area contributed by atoms with Crippen molar-refractivity contribution in [2.45, 2.75) is 10.6 Å². The number of anilines is 1. The van der Waals surface area contributed by atoms with Crippen molar-refractivity contribution in [3.63, 3.8) is 0 Å². The van der Waals surface area contributed by atoms with Crippen molar-refractivity contribution in [1.29, 1.82) is 0 Å². The lowest BCUT2D eigenvalue weighted by molar-refractivity contribution is -0.119. The van der Waals surface area contributed by atoms with Crippen LogP contribution in [0.4, 0.5) is 5.69 Å². The molecular formula is C24H24Cl2N2O4S2. The highest BCUT2D eigenvalue weighted by molar-refractivity contribution is 7.98. The van der Waals surface area contributed by atoms with Gasteiger partial charge in [-0.1, -0.05) is 53.5 Å². The molecular weight excluding hydrogens is 515 g/mol. The Hall–Kier alpha value is -2.39. The zero-order chi connectivity index (χ0) is 24.6. The van der Waals surface area contributed by atoms with Gasteiger partial charge < -0.3 is 10.1 Å². The normalized spacial score (nSPS) is 11.1. The highest BCUT2D eigenvalue weighted by Crippen LogP contribution is 2.27. The molecule has 0 bridgehead atoms. The maximum Gasteiger partial charge on any atom is 0.264 e. The molecule has 0 fully saturated rings. The second-order valence-electron chi connectivity index (χ2n) is 7.16. The molecule has 3 rings (SSSR count). The number of hydrogen-bond acceptors (Lipinski definition) is 5. The van der Waals surface area contributed by atoms with E-state index in [2.05, 4.69) is 5.32 Å². The topological polar surface area (TPSA) is 75.7 Å². The van der Waals surface area contributed by atoms with Crippen LogP contribution in [0.3, 0.4) is 0 Å². The number of carbonyl (C=O) groups excluding carboxylic acids is 1. The molecule has 1 amide bonds. The summed E-state index contributed by atoms with van der Waals surface area (Å²) in [6.45, 7) is 0.0180. The average Bonchev–Trinajstić information content (AvgIpc) is 2.84. The van der Waals surface area contributed by atoms with Crippen molar-refractivity contribution >= 4 is 56.6 Å². The molecule has 0 aliphatic carbocycles. The fourth-order valence-corrected chi connectivity index (χ4v) is 5.92. The summed E-state index contributed by atoms with van der Waals surface area (Å²) in [6.07, 6.45) is 0. The predicted octanol–water partition coefficient (Wildman–Crippen LogP) is 5.25. The van der Waals surface area contributed by atoms with E-state index in [1.165, 1.54) is 19.2 Å². The summed E-state index contributed by atoms with van der Waals surface area (Å²) in [4.78, 5) is 12.8. The van der Waals surface area contributed by atoms with Crippen LogP contribution in [-0.2, 0) is 20.6 Å². The number of carbonyl (C=O) groups is 1. The summed E-state index contributed by atoms with van der Waals surface area (Å²) >= 11 is 13.7. The van der Waals surface area contributed by atoms with Gasteiger partial charge in [0.25, 0.3) is 10.0 Å². The Morgan fingerprint density at radius 3 is 2.50 bits per heavy atom. The van der Waals surface area contributed by atoms with Crippen molar-refractivity contribution in [3.8, 4) is 5.75 Å². The van der Waals surface area contributed by atoms with Crippen LogP contribution in [0.15, 0.2) is 77.7 Å². The molecule has 0 heterocycles. The highest BCUT2D eigenvalue weighted by Gasteiger charge is 2.27. The van der Waals surface area contributed by atoms with Gasteiger partial charge in [-0.25, -0.2) is 8.42 Å². The first-order chi connectivity index (χ1) is 16.3. The van der Waals surface area contributed by atoms with Gasteiger partial charge >= 0.3 is 0 Å². The Balaban J connectivity index is 1.64. The minimum absolute atomic E-state index is 0.0982. The second-order valence-corrected chi connectivity index (χ2v) is 11.0. The zero-order valence-electron chi connectivity index (χ0n) is 18.4. The van der Waals surface area contributed by atoms with Gasteiger partial charge in [0.2, 0.25) is 5.91 Å². The summed E-state index contributed by atoms with van der Waals surface area (Å²) in [5.74, 6) is 1.38. The standard InChI is InChI=1S/C24H24Cl2N2O4S2/c1-32-21-7-5-6-20(15-21)28(34(30,31)22-8-3-2-4-9-22)16-24(29)27-12-13-33-17-18-10-11-19(25)14-23(18)26/h2-11,14-15H,12-13,16-17H2,1H3,(H,27,29). The number of halogens is 2. The van der Waals surface area contributed by atoms with Crippen LogP contribution in [-0.4, -0.2) is 40.3 Å². The van der Waals surface area contributed by atoms with Crippen molar-refractivity contribution in [2.24, 2.45) is 0 Å². The van der Waals surface area contributed by atoms with Crippen molar-refractivity contribution in [1.82, 2.24) is 5.32 Å². The molecule has 180 valence electrons. The third-order valence-electron chi connectivity index (χ3n) is 4.80. The van der Waals surface area contributed by atoms with E-state index >= 15 is 0 Å².